The van der Waals surface area contributed by atoms with Crippen LogP contribution in [-0.4, -0.2) is 72.8 Å². The molecule has 0 N–H and O–H groups in total. The van der Waals surface area contributed by atoms with Crippen molar-refractivity contribution in [2.45, 2.75) is 25.7 Å². The number of likely N-dealkylation sites (N-methyl/N-ethyl adjacent to an activating group) is 1. The van der Waals surface area contributed by atoms with Gasteiger partial charge in [0.15, 0.2) is 0 Å². The molecule has 3 fully saturated rings. The van der Waals surface area contributed by atoms with Crippen molar-refractivity contribution in [3.63, 3.8) is 0 Å². The van der Waals surface area contributed by atoms with Crippen LogP contribution in [0.4, 0.5) is 0 Å². The molecule has 4 rings (SSSR count). The van der Waals surface area contributed by atoms with E-state index in [4.69, 9.17) is 0 Å². The number of hydrogen-bond acceptors (Lipinski definition) is 3. The summed E-state index contributed by atoms with van der Waals surface area (Å²) in [7, 11) is 2.09. The maximum Gasteiger partial charge on any atom is 0.226 e. The molecule has 5 nitrogen and oxygen atoms in total. The quantitative estimate of drug-likeness (QED) is 0.814. The van der Waals surface area contributed by atoms with Crippen LogP contribution in [0.1, 0.15) is 24.8 Å². The Bertz CT molecular complexity index is 661. The lowest BCUT2D eigenvalue weighted by molar-refractivity contribution is -0.139. The van der Waals surface area contributed by atoms with Crippen LogP contribution in [0, 0.1) is 17.8 Å². The Hall–Kier alpha value is -1.88. The highest BCUT2D eigenvalue weighted by molar-refractivity contribution is 5.92. The van der Waals surface area contributed by atoms with Crippen molar-refractivity contribution in [1.82, 2.24) is 14.7 Å². The fourth-order valence-electron chi connectivity index (χ4n) is 4.54. The van der Waals surface area contributed by atoms with Gasteiger partial charge in [0.1, 0.15) is 0 Å². The molecular formula is C22H31N3O2. The fraction of sp³-hybridized carbons (Fsp3) is 0.636. The molecule has 1 aliphatic carbocycles. The molecule has 0 spiro atoms. The first-order valence-corrected chi connectivity index (χ1v) is 10.4. The monoisotopic (exact) mass is 369 g/mol. The maximum atomic E-state index is 12.8. The first-order chi connectivity index (χ1) is 13.1. The van der Waals surface area contributed by atoms with Crippen molar-refractivity contribution in [1.29, 1.82) is 0 Å². The third-order valence-electron chi connectivity index (χ3n) is 6.53. The van der Waals surface area contributed by atoms with E-state index in [1.54, 1.807) is 0 Å². The number of rotatable bonds is 4. The smallest absolute Gasteiger partial charge is 0.226 e. The number of carbonyl (C=O) groups is 2. The molecule has 1 saturated carbocycles. The van der Waals surface area contributed by atoms with E-state index < -0.39 is 0 Å². The van der Waals surface area contributed by atoms with Gasteiger partial charge in [0.05, 0.1) is 11.8 Å². The number of hydrogen-bond donors (Lipinski definition) is 0. The highest BCUT2D eigenvalue weighted by atomic mass is 16.2. The molecule has 0 aromatic heterocycles. The predicted octanol–water partition coefficient (Wildman–Crippen LogP) is 1.88. The molecule has 2 heterocycles. The molecule has 0 radical (unpaired) electrons. The summed E-state index contributed by atoms with van der Waals surface area (Å²) >= 11 is 0. The zero-order valence-corrected chi connectivity index (χ0v) is 16.3. The second-order valence-corrected chi connectivity index (χ2v) is 8.54. The Labute approximate surface area is 162 Å². The number of nitrogens with zero attached hydrogens (tertiary/aromatic N) is 3. The summed E-state index contributed by atoms with van der Waals surface area (Å²) in [5, 5.41) is 0. The SMILES string of the molecule is CN1CCN(C(=O)C2CC2C(=O)N2CCC(Cc3ccccc3)CC2)CC1. The largest absolute Gasteiger partial charge is 0.342 e. The average molecular weight is 370 g/mol. The summed E-state index contributed by atoms with van der Waals surface area (Å²) in [5.41, 5.74) is 1.39. The van der Waals surface area contributed by atoms with Gasteiger partial charge in [-0.1, -0.05) is 30.3 Å². The van der Waals surface area contributed by atoms with Crippen LogP contribution < -0.4 is 0 Å². The summed E-state index contributed by atoms with van der Waals surface area (Å²) in [6.07, 6.45) is 4.01. The third-order valence-corrected chi connectivity index (χ3v) is 6.53. The van der Waals surface area contributed by atoms with E-state index in [0.29, 0.717) is 5.92 Å². The zero-order valence-electron chi connectivity index (χ0n) is 16.3. The van der Waals surface area contributed by atoms with Crippen molar-refractivity contribution in [3.8, 4) is 0 Å². The van der Waals surface area contributed by atoms with E-state index in [2.05, 4.69) is 42.3 Å². The van der Waals surface area contributed by atoms with Crippen molar-refractivity contribution in [2.75, 3.05) is 46.3 Å². The number of piperidine rings is 1. The van der Waals surface area contributed by atoms with E-state index >= 15 is 0 Å². The Balaban J connectivity index is 1.23. The van der Waals surface area contributed by atoms with Crippen LogP contribution in [0.2, 0.25) is 0 Å². The second kappa shape index (κ2) is 8.01. The molecule has 2 atom stereocenters. The minimum Gasteiger partial charge on any atom is -0.342 e. The standard InChI is InChI=1S/C22H31N3O2/c1-23-11-13-25(14-12-23)22(27)20-16-19(20)21(26)24-9-7-18(8-10-24)15-17-5-3-2-4-6-17/h2-6,18-20H,7-16H2,1H3. The molecule has 2 unspecified atom stereocenters. The van der Waals surface area contributed by atoms with Gasteiger partial charge in [-0.05, 0) is 44.2 Å². The van der Waals surface area contributed by atoms with Gasteiger partial charge in [0.25, 0.3) is 0 Å². The van der Waals surface area contributed by atoms with E-state index in [-0.39, 0.29) is 23.7 Å². The van der Waals surface area contributed by atoms with Crippen LogP contribution in [0.5, 0.6) is 0 Å². The Morgan fingerprint density at radius 3 is 2.00 bits per heavy atom. The lowest BCUT2D eigenvalue weighted by atomic mass is 9.90. The molecular weight excluding hydrogens is 338 g/mol. The summed E-state index contributed by atoms with van der Waals surface area (Å²) in [5.74, 6) is 0.991. The minimum atomic E-state index is -0.0529. The number of benzene rings is 1. The molecule has 0 bridgehead atoms. The fourth-order valence-corrected chi connectivity index (χ4v) is 4.54. The lowest BCUT2D eigenvalue weighted by Crippen LogP contribution is -2.48. The van der Waals surface area contributed by atoms with Crippen LogP contribution in [-0.2, 0) is 16.0 Å². The van der Waals surface area contributed by atoms with Crippen molar-refractivity contribution in [2.24, 2.45) is 17.8 Å². The first kappa shape index (κ1) is 18.5. The number of likely N-dealkylation sites (tertiary alicyclic amines) is 1. The summed E-state index contributed by atoms with van der Waals surface area (Å²) in [6.45, 7) is 5.18. The van der Waals surface area contributed by atoms with Gasteiger partial charge in [0, 0.05) is 39.3 Å². The normalized spacial score (nSPS) is 26.9. The molecule has 146 valence electrons. The van der Waals surface area contributed by atoms with Gasteiger partial charge < -0.3 is 14.7 Å². The van der Waals surface area contributed by atoms with Gasteiger partial charge in [-0.2, -0.15) is 0 Å². The Morgan fingerprint density at radius 1 is 0.852 bits per heavy atom. The lowest BCUT2D eigenvalue weighted by Gasteiger charge is -2.33. The molecule has 3 aliphatic rings. The van der Waals surface area contributed by atoms with Crippen molar-refractivity contribution >= 4 is 11.8 Å². The summed E-state index contributed by atoms with van der Waals surface area (Å²) in [6, 6.07) is 10.6. The van der Waals surface area contributed by atoms with Crippen molar-refractivity contribution in [3.05, 3.63) is 35.9 Å². The van der Waals surface area contributed by atoms with E-state index in [1.165, 1.54) is 5.56 Å². The molecule has 2 saturated heterocycles. The van der Waals surface area contributed by atoms with Crippen molar-refractivity contribution < 1.29 is 9.59 Å². The second-order valence-electron chi connectivity index (χ2n) is 8.54. The summed E-state index contributed by atoms with van der Waals surface area (Å²) < 4.78 is 0. The molecule has 27 heavy (non-hydrogen) atoms. The van der Waals surface area contributed by atoms with Gasteiger partial charge in [-0.3, -0.25) is 9.59 Å². The third kappa shape index (κ3) is 4.34. The average Bonchev–Trinajstić information content (AvgIpc) is 3.50. The molecule has 5 heteroatoms. The predicted molar refractivity (Wildman–Crippen MR) is 105 cm³/mol. The topological polar surface area (TPSA) is 43.9 Å². The zero-order chi connectivity index (χ0) is 18.8. The van der Waals surface area contributed by atoms with E-state index in [1.807, 2.05) is 9.80 Å². The molecule has 2 amide bonds. The van der Waals surface area contributed by atoms with Gasteiger partial charge in [-0.15, -0.1) is 0 Å². The van der Waals surface area contributed by atoms with Gasteiger partial charge in [0.2, 0.25) is 11.8 Å². The summed E-state index contributed by atoms with van der Waals surface area (Å²) in [4.78, 5) is 31.7. The maximum absolute atomic E-state index is 12.8. The van der Waals surface area contributed by atoms with Gasteiger partial charge >= 0.3 is 0 Å². The van der Waals surface area contributed by atoms with Crippen LogP contribution in [0.3, 0.4) is 0 Å². The number of carbonyl (C=O) groups excluding carboxylic acids is 2. The number of amides is 2. The molecule has 2 aliphatic heterocycles. The first-order valence-electron chi connectivity index (χ1n) is 10.4. The molecule has 1 aromatic rings. The number of piperazine rings is 1. The highest BCUT2D eigenvalue weighted by Crippen LogP contribution is 2.42. The van der Waals surface area contributed by atoms with Crippen LogP contribution in [0.15, 0.2) is 30.3 Å². The highest BCUT2D eigenvalue weighted by Gasteiger charge is 2.51. The van der Waals surface area contributed by atoms with E-state index in [9.17, 15) is 9.59 Å². The minimum absolute atomic E-state index is 0.0528. The Morgan fingerprint density at radius 2 is 1.41 bits per heavy atom. The van der Waals surface area contributed by atoms with Gasteiger partial charge in [-0.25, -0.2) is 0 Å². The van der Waals surface area contributed by atoms with Crippen LogP contribution in [0.25, 0.3) is 0 Å². The van der Waals surface area contributed by atoms with E-state index in [0.717, 1.165) is 65.0 Å². The Kier molecular flexibility index (Phi) is 5.48. The van der Waals surface area contributed by atoms with Crippen LogP contribution >= 0.6 is 0 Å². The molecule has 1 aromatic carbocycles.